The van der Waals surface area contributed by atoms with Crippen LogP contribution in [0.15, 0.2) is 0 Å². The molecule has 2 rings (SSSR count). The molecule has 0 N–H and O–H groups in total. The predicted molar refractivity (Wildman–Crippen MR) is 42.9 cm³/mol. The summed E-state index contributed by atoms with van der Waals surface area (Å²) in [6.45, 7) is 2.09. The lowest BCUT2D eigenvalue weighted by Crippen LogP contribution is -1.94. The maximum Gasteiger partial charge on any atom is 0.0637 e. The zero-order valence-electron chi connectivity index (χ0n) is 6.22. The molecule has 0 atom stereocenters. The molecule has 1 aliphatic rings. The maximum absolute atomic E-state index is 4.34. The van der Waals surface area contributed by atoms with Crippen molar-refractivity contribution >= 4 is 11.8 Å². The Labute approximate surface area is 64.6 Å². The minimum Gasteiger partial charge on any atom is -0.271 e. The van der Waals surface area contributed by atoms with Crippen molar-refractivity contribution in [3.8, 4) is 0 Å². The molecule has 0 unspecified atom stereocenters. The number of aromatic nitrogens is 2. The zero-order chi connectivity index (χ0) is 7.14. The number of hydrogen-bond acceptors (Lipinski definition) is 2. The van der Waals surface area contributed by atoms with Crippen LogP contribution in [0.3, 0.4) is 0 Å². The molecule has 0 saturated carbocycles. The number of rotatable bonds is 0. The SMILES string of the molecule is Cc1nn(C)c2c1CSC2. The van der Waals surface area contributed by atoms with E-state index in [-0.39, 0.29) is 0 Å². The second kappa shape index (κ2) is 2.02. The monoisotopic (exact) mass is 154 g/mol. The Kier molecular flexibility index (Phi) is 1.27. The van der Waals surface area contributed by atoms with Gasteiger partial charge in [0.15, 0.2) is 0 Å². The molecular formula is C7H10N2S. The van der Waals surface area contributed by atoms with Crippen LogP contribution >= 0.6 is 11.8 Å². The molecule has 0 amide bonds. The highest BCUT2D eigenvalue weighted by Gasteiger charge is 2.18. The second-order valence-corrected chi connectivity index (χ2v) is 3.61. The third-order valence-electron chi connectivity index (χ3n) is 1.96. The van der Waals surface area contributed by atoms with Gasteiger partial charge >= 0.3 is 0 Å². The van der Waals surface area contributed by atoms with Gasteiger partial charge in [-0.3, -0.25) is 4.68 Å². The van der Waals surface area contributed by atoms with E-state index < -0.39 is 0 Å². The summed E-state index contributed by atoms with van der Waals surface area (Å²) in [5.74, 6) is 2.31. The standard InChI is InChI=1S/C7H10N2S/c1-5-6-3-10-4-7(6)9(2)8-5/h3-4H2,1-2H3. The van der Waals surface area contributed by atoms with Crippen molar-refractivity contribution in [2.45, 2.75) is 18.4 Å². The molecule has 54 valence electrons. The van der Waals surface area contributed by atoms with Gasteiger partial charge < -0.3 is 0 Å². The molecular weight excluding hydrogens is 144 g/mol. The van der Waals surface area contributed by atoms with Crippen LogP contribution in [0.4, 0.5) is 0 Å². The first-order chi connectivity index (χ1) is 4.79. The predicted octanol–water partition coefficient (Wildman–Crippen LogP) is 1.48. The molecule has 10 heavy (non-hydrogen) atoms. The van der Waals surface area contributed by atoms with Gasteiger partial charge in [0.2, 0.25) is 0 Å². The largest absolute Gasteiger partial charge is 0.271 e. The Bertz CT molecular complexity index is 240. The van der Waals surface area contributed by atoms with Gasteiger partial charge in [-0.1, -0.05) is 0 Å². The lowest BCUT2D eigenvalue weighted by Gasteiger charge is -1.92. The Morgan fingerprint density at radius 3 is 3.00 bits per heavy atom. The topological polar surface area (TPSA) is 17.8 Å². The minimum absolute atomic E-state index is 1.15. The van der Waals surface area contributed by atoms with E-state index in [9.17, 15) is 0 Å². The van der Waals surface area contributed by atoms with Gasteiger partial charge in [-0.05, 0) is 6.92 Å². The van der Waals surface area contributed by atoms with Crippen LogP contribution in [0.1, 0.15) is 17.0 Å². The van der Waals surface area contributed by atoms with Crippen LogP contribution < -0.4 is 0 Å². The summed E-state index contributed by atoms with van der Waals surface area (Å²) < 4.78 is 2.00. The summed E-state index contributed by atoms with van der Waals surface area (Å²) in [6, 6.07) is 0. The van der Waals surface area contributed by atoms with Gasteiger partial charge in [-0.2, -0.15) is 16.9 Å². The van der Waals surface area contributed by atoms with Gasteiger partial charge in [0.1, 0.15) is 0 Å². The van der Waals surface area contributed by atoms with Crippen molar-refractivity contribution in [1.82, 2.24) is 9.78 Å². The molecule has 0 aliphatic carbocycles. The van der Waals surface area contributed by atoms with Gasteiger partial charge in [-0.15, -0.1) is 0 Å². The third kappa shape index (κ3) is 0.700. The van der Waals surface area contributed by atoms with Crippen molar-refractivity contribution in [3.05, 3.63) is 17.0 Å². The highest BCUT2D eigenvalue weighted by Crippen LogP contribution is 2.30. The normalized spacial score (nSPS) is 15.8. The fraction of sp³-hybridized carbons (Fsp3) is 0.571. The van der Waals surface area contributed by atoms with Crippen molar-refractivity contribution in [1.29, 1.82) is 0 Å². The van der Waals surface area contributed by atoms with Gasteiger partial charge in [0, 0.05) is 24.1 Å². The minimum atomic E-state index is 1.15. The van der Waals surface area contributed by atoms with Gasteiger partial charge in [0.05, 0.1) is 11.4 Å². The molecule has 0 radical (unpaired) electrons. The van der Waals surface area contributed by atoms with Crippen molar-refractivity contribution in [2.75, 3.05) is 0 Å². The number of fused-ring (bicyclic) bond motifs is 1. The van der Waals surface area contributed by atoms with Crippen LogP contribution in [0.5, 0.6) is 0 Å². The first-order valence-corrected chi connectivity index (χ1v) is 4.53. The summed E-state index contributed by atoms with van der Waals surface area (Å²) in [5.41, 5.74) is 4.09. The highest BCUT2D eigenvalue weighted by atomic mass is 32.2. The molecule has 0 saturated heterocycles. The lowest BCUT2D eigenvalue weighted by molar-refractivity contribution is 0.728. The zero-order valence-corrected chi connectivity index (χ0v) is 7.03. The lowest BCUT2D eigenvalue weighted by atomic mass is 10.2. The molecule has 3 heteroatoms. The fourth-order valence-electron chi connectivity index (χ4n) is 1.37. The molecule has 0 bridgehead atoms. The number of aryl methyl sites for hydroxylation is 2. The highest BCUT2D eigenvalue weighted by molar-refractivity contribution is 7.98. The molecule has 0 spiro atoms. The summed E-state index contributed by atoms with van der Waals surface area (Å²) in [6.07, 6.45) is 0. The smallest absolute Gasteiger partial charge is 0.0637 e. The van der Waals surface area contributed by atoms with E-state index in [2.05, 4.69) is 12.0 Å². The molecule has 2 nitrogen and oxygen atoms in total. The summed E-state index contributed by atoms with van der Waals surface area (Å²) in [5, 5.41) is 4.34. The Morgan fingerprint density at radius 1 is 1.50 bits per heavy atom. The Hall–Kier alpha value is -0.440. The Balaban J connectivity index is 2.61. The van der Waals surface area contributed by atoms with Crippen LogP contribution in [0, 0.1) is 6.92 Å². The van der Waals surface area contributed by atoms with E-state index in [1.54, 1.807) is 0 Å². The average Bonchev–Trinajstić information content (AvgIpc) is 2.39. The Morgan fingerprint density at radius 2 is 2.30 bits per heavy atom. The van der Waals surface area contributed by atoms with Crippen LogP contribution in [-0.2, 0) is 18.6 Å². The van der Waals surface area contributed by atoms with E-state index in [1.807, 2.05) is 23.5 Å². The second-order valence-electron chi connectivity index (χ2n) is 2.63. The van der Waals surface area contributed by atoms with E-state index in [0.717, 1.165) is 11.5 Å². The quantitative estimate of drug-likeness (QED) is 0.563. The van der Waals surface area contributed by atoms with E-state index in [1.165, 1.54) is 17.0 Å². The van der Waals surface area contributed by atoms with Crippen LogP contribution in [0.25, 0.3) is 0 Å². The van der Waals surface area contributed by atoms with Crippen LogP contribution in [0.2, 0.25) is 0 Å². The summed E-state index contributed by atoms with van der Waals surface area (Å²) in [4.78, 5) is 0. The number of hydrogen-bond donors (Lipinski definition) is 0. The van der Waals surface area contributed by atoms with E-state index in [4.69, 9.17) is 0 Å². The van der Waals surface area contributed by atoms with Gasteiger partial charge in [0.25, 0.3) is 0 Å². The van der Waals surface area contributed by atoms with Crippen molar-refractivity contribution in [2.24, 2.45) is 7.05 Å². The molecule has 1 aliphatic heterocycles. The van der Waals surface area contributed by atoms with Crippen molar-refractivity contribution in [3.63, 3.8) is 0 Å². The van der Waals surface area contributed by atoms with E-state index in [0.29, 0.717) is 0 Å². The molecule has 2 heterocycles. The average molecular weight is 154 g/mol. The third-order valence-corrected chi connectivity index (χ3v) is 2.93. The summed E-state index contributed by atoms with van der Waals surface area (Å²) >= 11 is 1.98. The first-order valence-electron chi connectivity index (χ1n) is 3.38. The number of nitrogens with zero attached hydrogens (tertiary/aromatic N) is 2. The summed E-state index contributed by atoms with van der Waals surface area (Å²) in [7, 11) is 2.03. The number of thioether (sulfide) groups is 1. The molecule has 1 aromatic heterocycles. The van der Waals surface area contributed by atoms with Gasteiger partial charge in [-0.25, -0.2) is 0 Å². The first kappa shape index (κ1) is 6.28. The van der Waals surface area contributed by atoms with Crippen LogP contribution in [-0.4, -0.2) is 9.78 Å². The van der Waals surface area contributed by atoms with Crippen molar-refractivity contribution < 1.29 is 0 Å². The molecule has 1 aromatic rings. The maximum atomic E-state index is 4.34. The molecule has 0 fully saturated rings. The van der Waals surface area contributed by atoms with E-state index >= 15 is 0 Å². The fourth-order valence-corrected chi connectivity index (χ4v) is 2.60. The molecule has 0 aromatic carbocycles.